The van der Waals surface area contributed by atoms with Gasteiger partial charge in [0.05, 0.1) is 13.1 Å². The summed E-state index contributed by atoms with van der Waals surface area (Å²) in [4.78, 5) is 0. The number of hydrogen-bond acceptors (Lipinski definition) is 0. The van der Waals surface area contributed by atoms with Crippen LogP contribution in [0.5, 0.6) is 0 Å². The van der Waals surface area contributed by atoms with Crippen molar-refractivity contribution in [3.8, 4) is 0 Å². The lowest BCUT2D eigenvalue weighted by Gasteiger charge is -2.06. The lowest BCUT2D eigenvalue weighted by Crippen LogP contribution is -2.37. The highest BCUT2D eigenvalue weighted by molar-refractivity contribution is 4.84. The third-order valence-corrected chi connectivity index (χ3v) is 6.85. The molecule has 31 heavy (non-hydrogen) atoms. The normalized spacial score (nSPS) is 11.5. The fraction of sp³-hybridized carbons (Fsp3) is 0.897. The number of nitrogens with zero attached hydrogens (tertiary/aromatic N) is 2. The molecule has 0 saturated carbocycles. The molecule has 0 aromatic carbocycles. The predicted molar refractivity (Wildman–Crippen MR) is 138 cm³/mol. The van der Waals surface area contributed by atoms with Crippen molar-refractivity contribution < 1.29 is 4.57 Å². The highest BCUT2D eigenvalue weighted by Gasteiger charge is 2.16. The zero-order valence-corrected chi connectivity index (χ0v) is 21.8. The Morgan fingerprint density at radius 1 is 0.548 bits per heavy atom. The van der Waals surface area contributed by atoms with Crippen molar-refractivity contribution in [3.05, 3.63) is 18.2 Å². The van der Waals surface area contributed by atoms with Crippen molar-refractivity contribution >= 4 is 0 Å². The first-order valence-electron chi connectivity index (χ1n) is 14.4. The van der Waals surface area contributed by atoms with Gasteiger partial charge in [0.1, 0.15) is 12.4 Å². The van der Waals surface area contributed by atoms with Crippen molar-refractivity contribution in [1.82, 2.24) is 4.57 Å². The molecule has 1 heterocycles. The predicted octanol–water partition coefficient (Wildman–Crippen LogP) is 9.18. The van der Waals surface area contributed by atoms with Crippen LogP contribution < -0.4 is 4.57 Å². The topological polar surface area (TPSA) is 8.81 Å². The van der Waals surface area contributed by atoms with E-state index in [0.29, 0.717) is 0 Å². The molecule has 0 aliphatic heterocycles. The molecule has 0 unspecified atom stereocenters. The van der Waals surface area contributed by atoms with Crippen LogP contribution in [0.4, 0.5) is 0 Å². The van der Waals surface area contributed by atoms with Crippen LogP contribution in [0.1, 0.15) is 155 Å². The lowest BCUT2D eigenvalue weighted by molar-refractivity contribution is -0.704. The molecule has 0 atom stereocenters. The Morgan fingerprint density at radius 3 is 1.55 bits per heavy atom. The first-order valence-corrected chi connectivity index (χ1v) is 14.4. The summed E-state index contributed by atoms with van der Waals surface area (Å²) in [5, 5.41) is 0. The summed E-state index contributed by atoms with van der Waals surface area (Å²) < 4.78 is 5.17. The first kappa shape index (κ1) is 28.2. The number of aryl methyl sites for hydroxylation is 2. The molecular formula is C29H57N2+. The third-order valence-electron chi connectivity index (χ3n) is 6.85. The number of hydrogen-bond donors (Lipinski definition) is 0. The molecule has 1 rings (SSSR count). The van der Waals surface area contributed by atoms with Crippen LogP contribution in [0.15, 0.2) is 12.4 Å². The van der Waals surface area contributed by atoms with E-state index in [1.54, 1.807) is 5.82 Å². The molecular weight excluding hydrogens is 376 g/mol. The summed E-state index contributed by atoms with van der Waals surface area (Å²) in [6.45, 7) is 9.37. The minimum absolute atomic E-state index is 1.22. The Bertz CT molecular complexity index is 491. The van der Waals surface area contributed by atoms with Gasteiger partial charge in [0.25, 0.3) is 5.82 Å². The fourth-order valence-electron chi connectivity index (χ4n) is 4.73. The van der Waals surface area contributed by atoms with E-state index >= 15 is 0 Å². The van der Waals surface area contributed by atoms with Gasteiger partial charge in [0, 0.05) is 6.42 Å². The fourth-order valence-corrected chi connectivity index (χ4v) is 4.73. The maximum atomic E-state index is 2.58. The van der Waals surface area contributed by atoms with Crippen LogP contribution in [0.3, 0.4) is 0 Å². The Hall–Kier alpha value is -0.790. The van der Waals surface area contributed by atoms with Crippen LogP contribution in [-0.2, 0) is 19.5 Å². The molecule has 0 aliphatic carbocycles. The van der Waals surface area contributed by atoms with Gasteiger partial charge in [-0.1, -0.05) is 117 Å². The van der Waals surface area contributed by atoms with E-state index in [9.17, 15) is 0 Å². The van der Waals surface area contributed by atoms with E-state index in [0.717, 1.165) is 0 Å². The average molecular weight is 434 g/mol. The number of rotatable bonds is 23. The molecule has 1 aromatic rings. The monoisotopic (exact) mass is 433 g/mol. The Labute approximate surface area is 196 Å². The Balaban J connectivity index is 2.28. The standard InChI is InChI=1S/C29H57N2/c1-4-7-10-12-14-15-16-18-20-23-26-31-28-27-30(29(31)24-21-9-6-3)25-22-19-17-13-11-8-5-2/h27-28H,4-26H2,1-3H3/q+1. The summed E-state index contributed by atoms with van der Waals surface area (Å²) >= 11 is 0. The smallest absolute Gasteiger partial charge is 0.234 e. The van der Waals surface area contributed by atoms with Gasteiger partial charge in [-0.2, -0.15) is 0 Å². The molecule has 0 saturated heterocycles. The van der Waals surface area contributed by atoms with Gasteiger partial charge in [-0.15, -0.1) is 0 Å². The number of unbranched alkanes of at least 4 members (excludes halogenated alkanes) is 17. The van der Waals surface area contributed by atoms with Crippen molar-refractivity contribution in [3.63, 3.8) is 0 Å². The van der Waals surface area contributed by atoms with Gasteiger partial charge in [0.15, 0.2) is 0 Å². The van der Waals surface area contributed by atoms with Gasteiger partial charge < -0.3 is 0 Å². The highest BCUT2D eigenvalue weighted by Crippen LogP contribution is 2.12. The molecule has 0 amide bonds. The van der Waals surface area contributed by atoms with Crippen molar-refractivity contribution in [2.24, 2.45) is 0 Å². The third kappa shape index (κ3) is 14.8. The zero-order chi connectivity index (χ0) is 22.4. The van der Waals surface area contributed by atoms with Crippen molar-refractivity contribution in [1.29, 1.82) is 0 Å². The average Bonchev–Trinajstić information content (AvgIpc) is 3.16. The molecule has 182 valence electrons. The van der Waals surface area contributed by atoms with E-state index in [2.05, 4.69) is 42.3 Å². The molecule has 0 fully saturated rings. The second-order valence-electron chi connectivity index (χ2n) is 9.86. The second kappa shape index (κ2) is 21.1. The van der Waals surface area contributed by atoms with E-state index in [4.69, 9.17) is 0 Å². The summed E-state index contributed by atoms with van der Waals surface area (Å²) in [6.07, 6.45) is 34.0. The van der Waals surface area contributed by atoms with Crippen molar-refractivity contribution in [2.45, 2.75) is 169 Å². The largest absolute Gasteiger partial charge is 0.256 e. The van der Waals surface area contributed by atoms with Crippen LogP contribution in [0.25, 0.3) is 0 Å². The quantitative estimate of drug-likeness (QED) is 0.120. The summed E-state index contributed by atoms with van der Waals surface area (Å²) in [6, 6.07) is 0. The zero-order valence-electron chi connectivity index (χ0n) is 21.8. The van der Waals surface area contributed by atoms with Crippen LogP contribution in [-0.4, -0.2) is 4.57 Å². The van der Waals surface area contributed by atoms with Crippen LogP contribution in [0, 0.1) is 0 Å². The summed E-state index contributed by atoms with van der Waals surface area (Å²) in [5.74, 6) is 1.59. The molecule has 2 heteroatoms. The summed E-state index contributed by atoms with van der Waals surface area (Å²) in [7, 11) is 0. The Morgan fingerprint density at radius 2 is 1.00 bits per heavy atom. The van der Waals surface area contributed by atoms with E-state index < -0.39 is 0 Å². The van der Waals surface area contributed by atoms with E-state index in [1.165, 1.54) is 148 Å². The molecule has 0 N–H and O–H groups in total. The van der Waals surface area contributed by atoms with E-state index in [-0.39, 0.29) is 0 Å². The highest BCUT2D eigenvalue weighted by atomic mass is 15.1. The molecule has 0 radical (unpaired) electrons. The Kier molecular flexibility index (Phi) is 19.2. The minimum atomic E-state index is 1.22. The first-order chi connectivity index (χ1) is 15.3. The maximum absolute atomic E-state index is 2.58. The molecule has 2 nitrogen and oxygen atoms in total. The molecule has 1 aromatic heterocycles. The van der Waals surface area contributed by atoms with Gasteiger partial charge in [-0.3, -0.25) is 0 Å². The summed E-state index contributed by atoms with van der Waals surface area (Å²) in [5.41, 5.74) is 0. The van der Waals surface area contributed by atoms with Crippen LogP contribution in [0.2, 0.25) is 0 Å². The maximum Gasteiger partial charge on any atom is 0.256 e. The SMILES string of the molecule is CCCCCCCCCCCCn1cc[n+](CCCCCCCCC)c1CCCCC. The molecule has 0 spiro atoms. The van der Waals surface area contributed by atoms with Gasteiger partial charge >= 0.3 is 0 Å². The van der Waals surface area contributed by atoms with E-state index in [1.807, 2.05) is 0 Å². The second-order valence-corrected chi connectivity index (χ2v) is 9.86. The van der Waals surface area contributed by atoms with Gasteiger partial charge in [-0.05, 0) is 32.1 Å². The van der Waals surface area contributed by atoms with Crippen LogP contribution >= 0.6 is 0 Å². The lowest BCUT2D eigenvalue weighted by atomic mass is 10.1. The number of aromatic nitrogens is 2. The molecule has 0 aliphatic rings. The van der Waals surface area contributed by atoms with Crippen molar-refractivity contribution in [2.75, 3.05) is 0 Å². The van der Waals surface area contributed by atoms with Gasteiger partial charge in [-0.25, -0.2) is 9.13 Å². The number of imidazole rings is 1. The van der Waals surface area contributed by atoms with Gasteiger partial charge in [0.2, 0.25) is 0 Å². The molecule has 0 bridgehead atoms. The minimum Gasteiger partial charge on any atom is -0.234 e.